The SMILES string of the molecule is C[C@H]1CCCCN1S(=O)(=O)c1ccc(S(=O)(=O)NCc2ccc3c(c2)OCO3)cc1. The lowest BCUT2D eigenvalue weighted by molar-refractivity contribution is 0.174. The van der Waals surface area contributed by atoms with Crippen molar-refractivity contribution in [2.24, 2.45) is 0 Å². The lowest BCUT2D eigenvalue weighted by Gasteiger charge is -2.32. The normalized spacial score (nSPS) is 19.7. The highest BCUT2D eigenvalue weighted by Gasteiger charge is 2.31. The Balaban J connectivity index is 1.47. The molecule has 0 radical (unpaired) electrons. The number of fused-ring (bicyclic) bond motifs is 1. The van der Waals surface area contributed by atoms with Gasteiger partial charge in [-0.1, -0.05) is 12.5 Å². The Morgan fingerprint density at radius 3 is 2.40 bits per heavy atom. The van der Waals surface area contributed by atoms with Gasteiger partial charge in [0.05, 0.1) is 9.79 Å². The highest BCUT2D eigenvalue weighted by atomic mass is 32.2. The molecule has 2 aliphatic rings. The van der Waals surface area contributed by atoms with Crippen molar-refractivity contribution in [3.63, 3.8) is 0 Å². The fourth-order valence-electron chi connectivity index (χ4n) is 3.67. The largest absolute Gasteiger partial charge is 0.454 e. The van der Waals surface area contributed by atoms with E-state index in [2.05, 4.69) is 4.72 Å². The van der Waals surface area contributed by atoms with E-state index in [1.54, 1.807) is 18.2 Å². The number of rotatable bonds is 6. The van der Waals surface area contributed by atoms with Gasteiger partial charge in [0, 0.05) is 19.1 Å². The number of benzene rings is 2. The van der Waals surface area contributed by atoms with Crippen LogP contribution in [0, 0.1) is 0 Å². The number of piperidine rings is 1. The third-order valence-electron chi connectivity index (χ3n) is 5.39. The molecule has 4 rings (SSSR count). The summed E-state index contributed by atoms with van der Waals surface area (Å²) < 4.78 is 65.6. The summed E-state index contributed by atoms with van der Waals surface area (Å²) in [5.41, 5.74) is 0.723. The van der Waals surface area contributed by atoms with Crippen LogP contribution in [0.2, 0.25) is 0 Å². The molecule has 0 aliphatic carbocycles. The molecule has 2 aliphatic heterocycles. The Bertz CT molecular complexity index is 1130. The van der Waals surface area contributed by atoms with Gasteiger partial charge in [0.25, 0.3) is 0 Å². The molecular weight excluding hydrogens is 428 g/mol. The second-order valence-electron chi connectivity index (χ2n) is 7.44. The molecular formula is C20H24N2O6S2. The highest BCUT2D eigenvalue weighted by molar-refractivity contribution is 7.89. The van der Waals surface area contributed by atoms with Crippen LogP contribution in [0.5, 0.6) is 11.5 Å². The molecule has 2 heterocycles. The summed E-state index contributed by atoms with van der Waals surface area (Å²) in [5.74, 6) is 1.20. The fourth-order valence-corrected chi connectivity index (χ4v) is 6.38. The van der Waals surface area contributed by atoms with Gasteiger partial charge in [-0.2, -0.15) is 4.31 Å². The molecule has 2 aromatic rings. The number of ether oxygens (including phenoxy) is 2. The second kappa shape index (κ2) is 8.18. The maximum Gasteiger partial charge on any atom is 0.243 e. The fraction of sp³-hybridized carbons (Fsp3) is 0.400. The van der Waals surface area contributed by atoms with Crippen LogP contribution in [-0.2, 0) is 26.6 Å². The molecule has 10 heteroatoms. The minimum absolute atomic E-state index is 0.00823. The van der Waals surface area contributed by atoms with Crippen molar-refractivity contribution < 1.29 is 26.3 Å². The molecule has 162 valence electrons. The number of hydrogen-bond acceptors (Lipinski definition) is 6. The number of hydrogen-bond donors (Lipinski definition) is 1. The Hall–Kier alpha value is -2.14. The van der Waals surface area contributed by atoms with Gasteiger partial charge in [0.2, 0.25) is 26.8 Å². The molecule has 0 aromatic heterocycles. The Labute approximate surface area is 176 Å². The Morgan fingerprint density at radius 1 is 0.967 bits per heavy atom. The van der Waals surface area contributed by atoms with Gasteiger partial charge in [0.1, 0.15) is 0 Å². The number of nitrogens with one attached hydrogen (secondary N) is 1. The lowest BCUT2D eigenvalue weighted by atomic mass is 10.1. The van der Waals surface area contributed by atoms with Crippen LogP contribution in [0.4, 0.5) is 0 Å². The maximum atomic E-state index is 12.9. The summed E-state index contributed by atoms with van der Waals surface area (Å²) in [7, 11) is -7.44. The zero-order valence-electron chi connectivity index (χ0n) is 16.6. The van der Waals surface area contributed by atoms with Crippen LogP contribution in [0.1, 0.15) is 31.7 Å². The number of sulfonamides is 2. The van der Waals surface area contributed by atoms with E-state index in [0.29, 0.717) is 18.0 Å². The third kappa shape index (κ3) is 4.18. The van der Waals surface area contributed by atoms with Crippen molar-refractivity contribution in [3.8, 4) is 11.5 Å². The predicted octanol–water partition coefficient (Wildman–Crippen LogP) is 2.46. The van der Waals surface area contributed by atoms with Crippen molar-refractivity contribution in [2.75, 3.05) is 13.3 Å². The maximum absolute atomic E-state index is 12.9. The van der Waals surface area contributed by atoms with Crippen molar-refractivity contribution in [1.29, 1.82) is 0 Å². The molecule has 0 spiro atoms. The molecule has 1 N–H and O–H groups in total. The molecule has 1 fully saturated rings. The first-order valence-corrected chi connectivity index (χ1v) is 12.7. The molecule has 0 saturated carbocycles. The lowest BCUT2D eigenvalue weighted by Crippen LogP contribution is -2.41. The van der Waals surface area contributed by atoms with Crippen LogP contribution >= 0.6 is 0 Å². The highest BCUT2D eigenvalue weighted by Crippen LogP contribution is 2.32. The van der Waals surface area contributed by atoms with E-state index in [1.165, 1.54) is 28.6 Å². The van der Waals surface area contributed by atoms with Gasteiger partial charge in [-0.25, -0.2) is 21.6 Å². The molecule has 1 saturated heterocycles. The van der Waals surface area contributed by atoms with Gasteiger partial charge in [-0.15, -0.1) is 0 Å². The zero-order valence-corrected chi connectivity index (χ0v) is 18.2. The van der Waals surface area contributed by atoms with E-state index in [-0.39, 0.29) is 29.2 Å². The van der Waals surface area contributed by atoms with Gasteiger partial charge in [-0.3, -0.25) is 0 Å². The van der Waals surface area contributed by atoms with E-state index in [4.69, 9.17) is 9.47 Å². The number of nitrogens with zero attached hydrogens (tertiary/aromatic N) is 1. The van der Waals surface area contributed by atoms with Crippen molar-refractivity contribution >= 4 is 20.0 Å². The van der Waals surface area contributed by atoms with Crippen molar-refractivity contribution in [2.45, 2.75) is 48.6 Å². The Kier molecular flexibility index (Phi) is 5.75. The zero-order chi connectivity index (χ0) is 21.4. The minimum atomic E-state index is -3.80. The van der Waals surface area contributed by atoms with Crippen LogP contribution in [0.15, 0.2) is 52.3 Å². The summed E-state index contributed by atoms with van der Waals surface area (Å²) in [5, 5.41) is 0. The van der Waals surface area contributed by atoms with Crippen LogP contribution in [0.25, 0.3) is 0 Å². The molecule has 2 aromatic carbocycles. The molecule has 0 amide bonds. The second-order valence-corrected chi connectivity index (χ2v) is 11.1. The summed E-state index contributed by atoms with van der Waals surface area (Å²) in [6, 6.07) is 10.5. The van der Waals surface area contributed by atoms with Crippen molar-refractivity contribution in [3.05, 3.63) is 48.0 Å². The average molecular weight is 453 g/mol. The monoisotopic (exact) mass is 452 g/mol. The summed E-state index contributed by atoms with van der Waals surface area (Å²) >= 11 is 0. The first-order valence-electron chi connectivity index (χ1n) is 9.77. The molecule has 1 atom stereocenters. The molecule has 30 heavy (non-hydrogen) atoms. The van der Waals surface area contributed by atoms with E-state index >= 15 is 0 Å². The van der Waals surface area contributed by atoms with E-state index in [1.807, 2.05) is 6.92 Å². The minimum Gasteiger partial charge on any atom is -0.454 e. The predicted molar refractivity (Wildman–Crippen MR) is 110 cm³/mol. The van der Waals surface area contributed by atoms with Gasteiger partial charge in [-0.05, 0) is 61.7 Å². The topological polar surface area (TPSA) is 102 Å². The van der Waals surface area contributed by atoms with Crippen LogP contribution in [0.3, 0.4) is 0 Å². The molecule has 0 bridgehead atoms. The van der Waals surface area contributed by atoms with Crippen LogP contribution < -0.4 is 14.2 Å². The molecule has 0 unspecified atom stereocenters. The van der Waals surface area contributed by atoms with Gasteiger partial charge >= 0.3 is 0 Å². The van der Waals surface area contributed by atoms with Gasteiger partial charge < -0.3 is 9.47 Å². The Morgan fingerprint density at radius 2 is 1.67 bits per heavy atom. The average Bonchev–Trinajstić information content (AvgIpc) is 3.20. The summed E-state index contributed by atoms with van der Waals surface area (Å²) in [6.07, 6.45) is 2.68. The summed E-state index contributed by atoms with van der Waals surface area (Å²) in [4.78, 5) is 0.111. The first-order chi connectivity index (χ1) is 14.3. The molecule has 8 nitrogen and oxygen atoms in total. The smallest absolute Gasteiger partial charge is 0.243 e. The van der Waals surface area contributed by atoms with E-state index in [0.717, 1.165) is 24.8 Å². The quantitative estimate of drug-likeness (QED) is 0.722. The first kappa shape index (κ1) is 21.1. The van der Waals surface area contributed by atoms with E-state index < -0.39 is 20.0 Å². The van der Waals surface area contributed by atoms with Crippen LogP contribution in [-0.4, -0.2) is 40.5 Å². The summed E-state index contributed by atoms with van der Waals surface area (Å²) in [6.45, 7) is 2.61. The van der Waals surface area contributed by atoms with Gasteiger partial charge in [0.15, 0.2) is 11.5 Å². The standard InChI is InChI=1S/C20H24N2O6S2/c1-15-4-2-3-11-22(15)30(25,26)18-8-6-17(7-9-18)29(23,24)21-13-16-5-10-19-20(12-16)28-14-27-19/h5-10,12,15,21H,2-4,11,13-14H2,1H3/t15-/m0/s1. The van der Waals surface area contributed by atoms with E-state index in [9.17, 15) is 16.8 Å². The van der Waals surface area contributed by atoms with Crippen molar-refractivity contribution in [1.82, 2.24) is 9.03 Å². The third-order valence-corrected chi connectivity index (χ3v) is 8.83.